The minimum absolute atomic E-state index is 0.163. The molecule has 1 aromatic carbocycles. The maximum atomic E-state index is 12.2. The Labute approximate surface area is 125 Å². The predicted octanol–water partition coefficient (Wildman–Crippen LogP) is 3.17. The Kier molecular flexibility index (Phi) is 5.52. The molecule has 0 radical (unpaired) electrons. The van der Waals surface area contributed by atoms with Gasteiger partial charge in [0.1, 0.15) is 0 Å². The largest absolute Gasteiger partial charge is 0.471 e. The van der Waals surface area contributed by atoms with E-state index in [0.29, 0.717) is 12.6 Å². The molecular weight excluding hydrogens is 301 g/mol. The van der Waals surface area contributed by atoms with Gasteiger partial charge in [0.05, 0.1) is 0 Å². The average Bonchev–Trinajstić information content (AvgIpc) is 2.46. The Morgan fingerprint density at radius 1 is 1.29 bits per heavy atom. The van der Waals surface area contributed by atoms with Gasteiger partial charge >= 0.3 is 12.1 Å². The Balaban J connectivity index is 1.89. The van der Waals surface area contributed by atoms with Crippen molar-refractivity contribution in [1.29, 1.82) is 0 Å². The highest BCUT2D eigenvalue weighted by atomic mass is 32.2. The highest BCUT2D eigenvalue weighted by Crippen LogP contribution is 2.20. The van der Waals surface area contributed by atoms with Gasteiger partial charge in [0, 0.05) is 18.3 Å². The van der Waals surface area contributed by atoms with Crippen LogP contribution in [-0.4, -0.2) is 29.6 Å². The zero-order valence-corrected chi connectivity index (χ0v) is 12.2. The number of carbonyl (C=O) groups excluding carboxylic acids is 1. The molecule has 2 N–H and O–H groups in total. The highest BCUT2D eigenvalue weighted by molar-refractivity contribution is 7.99. The first kappa shape index (κ1) is 16.2. The lowest BCUT2D eigenvalue weighted by molar-refractivity contribution is -0.167. The summed E-state index contributed by atoms with van der Waals surface area (Å²) in [6, 6.07) is 6.94. The van der Waals surface area contributed by atoms with Gasteiger partial charge < -0.3 is 10.6 Å². The van der Waals surface area contributed by atoms with E-state index in [-0.39, 0.29) is 5.69 Å². The van der Waals surface area contributed by atoms with Gasteiger partial charge in [0.2, 0.25) is 0 Å². The second-order valence-corrected chi connectivity index (χ2v) is 6.14. The SMILES string of the molecule is O=C(Nc1cccc(CNC2CCSCC2)c1)C(F)(F)F. The molecule has 116 valence electrons. The number of nitrogens with one attached hydrogen (secondary N) is 2. The van der Waals surface area contributed by atoms with Gasteiger partial charge in [-0.25, -0.2) is 0 Å². The summed E-state index contributed by atoms with van der Waals surface area (Å²) in [6.07, 6.45) is -2.65. The van der Waals surface area contributed by atoms with Crippen LogP contribution in [0.5, 0.6) is 0 Å². The van der Waals surface area contributed by atoms with Gasteiger partial charge in [0.25, 0.3) is 0 Å². The normalized spacial score (nSPS) is 16.7. The first-order chi connectivity index (χ1) is 9.95. The molecule has 0 unspecified atom stereocenters. The Bertz CT molecular complexity index is 487. The van der Waals surface area contributed by atoms with Crippen molar-refractivity contribution < 1.29 is 18.0 Å². The number of amides is 1. The molecule has 0 spiro atoms. The van der Waals surface area contributed by atoms with E-state index in [1.165, 1.54) is 6.07 Å². The first-order valence-electron chi connectivity index (χ1n) is 6.73. The lowest BCUT2D eigenvalue weighted by Crippen LogP contribution is -2.32. The molecule has 1 aliphatic heterocycles. The number of anilines is 1. The molecule has 7 heteroatoms. The van der Waals surface area contributed by atoms with Crippen LogP contribution in [0.4, 0.5) is 18.9 Å². The van der Waals surface area contributed by atoms with Gasteiger partial charge in [-0.3, -0.25) is 4.79 Å². The summed E-state index contributed by atoms with van der Waals surface area (Å²) in [5.41, 5.74) is 1.02. The fourth-order valence-electron chi connectivity index (χ4n) is 2.12. The van der Waals surface area contributed by atoms with Crippen molar-refractivity contribution in [3.8, 4) is 0 Å². The molecule has 0 saturated carbocycles. The van der Waals surface area contributed by atoms with Crippen LogP contribution in [0, 0.1) is 0 Å². The van der Waals surface area contributed by atoms with Crippen LogP contribution in [0.25, 0.3) is 0 Å². The molecule has 1 heterocycles. The molecule has 0 atom stereocenters. The molecule has 0 aromatic heterocycles. The number of carbonyl (C=O) groups is 1. The van der Waals surface area contributed by atoms with E-state index in [9.17, 15) is 18.0 Å². The summed E-state index contributed by atoms with van der Waals surface area (Å²) in [5, 5.41) is 5.27. The van der Waals surface area contributed by atoms with Crippen LogP contribution in [0.3, 0.4) is 0 Å². The van der Waals surface area contributed by atoms with Crippen molar-refractivity contribution in [1.82, 2.24) is 5.32 Å². The Morgan fingerprint density at radius 2 is 2.00 bits per heavy atom. The fourth-order valence-corrected chi connectivity index (χ4v) is 3.23. The minimum Gasteiger partial charge on any atom is -0.318 e. The van der Waals surface area contributed by atoms with Gasteiger partial charge in [-0.2, -0.15) is 24.9 Å². The predicted molar refractivity (Wildman–Crippen MR) is 78.3 cm³/mol. The zero-order chi connectivity index (χ0) is 15.3. The fraction of sp³-hybridized carbons (Fsp3) is 0.500. The molecule has 21 heavy (non-hydrogen) atoms. The maximum absolute atomic E-state index is 12.2. The molecule has 1 fully saturated rings. The lowest BCUT2D eigenvalue weighted by Gasteiger charge is -2.22. The van der Waals surface area contributed by atoms with Crippen LogP contribution in [0.15, 0.2) is 24.3 Å². The molecule has 0 aliphatic carbocycles. The maximum Gasteiger partial charge on any atom is 0.471 e. The van der Waals surface area contributed by atoms with Crippen molar-refractivity contribution in [2.45, 2.75) is 31.6 Å². The van der Waals surface area contributed by atoms with E-state index in [2.05, 4.69) is 5.32 Å². The quantitative estimate of drug-likeness (QED) is 0.896. The summed E-state index contributed by atoms with van der Waals surface area (Å²) in [4.78, 5) is 10.9. The van der Waals surface area contributed by atoms with E-state index in [0.717, 1.165) is 29.9 Å². The third-order valence-corrected chi connectivity index (χ3v) is 4.31. The van der Waals surface area contributed by atoms with Crippen molar-refractivity contribution >= 4 is 23.4 Å². The average molecular weight is 318 g/mol. The summed E-state index contributed by atoms with van der Waals surface area (Å²) in [6.45, 7) is 0.588. The first-order valence-corrected chi connectivity index (χ1v) is 7.89. The summed E-state index contributed by atoms with van der Waals surface area (Å²) in [7, 11) is 0. The third kappa shape index (κ3) is 5.24. The van der Waals surface area contributed by atoms with Gasteiger partial charge in [-0.05, 0) is 42.0 Å². The number of benzene rings is 1. The molecule has 1 aliphatic rings. The smallest absolute Gasteiger partial charge is 0.318 e. The molecule has 1 saturated heterocycles. The van der Waals surface area contributed by atoms with E-state index in [1.807, 2.05) is 23.1 Å². The number of thioether (sulfide) groups is 1. The van der Waals surface area contributed by atoms with E-state index < -0.39 is 12.1 Å². The number of hydrogen-bond acceptors (Lipinski definition) is 3. The topological polar surface area (TPSA) is 41.1 Å². The summed E-state index contributed by atoms with van der Waals surface area (Å²) >= 11 is 1.94. The monoisotopic (exact) mass is 318 g/mol. The minimum atomic E-state index is -4.87. The van der Waals surface area contributed by atoms with E-state index in [4.69, 9.17) is 0 Å². The number of rotatable bonds is 4. The van der Waals surface area contributed by atoms with Crippen LogP contribution >= 0.6 is 11.8 Å². The van der Waals surface area contributed by atoms with E-state index in [1.54, 1.807) is 12.1 Å². The van der Waals surface area contributed by atoms with Crippen LogP contribution in [0.1, 0.15) is 18.4 Å². The second-order valence-electron chi connectivity index (χ2n) is 4.92. The summed E-state index contributed by atoms with van der Waals surface area (Å²) in [5.74, 6) is 0.329. The Hall–Kier alpha value is -1.21. The van der Waals surface area contributed by atoms with Crippen molar-refractivity contribution in [3.05, 3.63) is 29.8 Å². The van der Waals surface area contributed by atoms with Crippen LogP contribution < -0.4 is 10.6 Å². The van der Waals surface area contributed by atoms with Crippen molar-refractivity contribution in [2.75, 3.05) is 16.8 Å². The van der Waals surface area contributed by atoms with Gasteiger partial charge in [0.15, 0.2) is 0 Å². The highest BCUT2D eigenvalue weighted by Gasteiger charge is 2.38. The second kappa shape index (κ2) is 7.17. The van der Waals surface area contributed by atoms with Gasteiger partial charge in [-0.15, -0.1) is 0 Å². The van der Waals surface area contributed by atoms with Gasteiger partial charge in [-0.1, -0.05) is 12.1 Å². The molecular formula is C14H17F3N2OS. The number of alkyl halides is 3. The molecule has 3 nitrogen and oxygen atoms in total. The third-order valence-electron chi connectivity index (χ3n) is 3.26. The standard InChI is InChI=1S/C14H17F3N2OS/c15-14(16,17)13(20)19-12-3-1-2-10(8-12)9-18-11-4-6-21-7-5-11/h1-3,8,11,18H,4-7,9H2,(H,19,20). The van der Waals surface area contributed by atoms with E-state index >= 15 is 0 Å². The lowest BCUT2D eigenvalue weighted by atomic mass is 10.1. The van der Waals surface area contributed by atoms with Crippen molar-refractivity contribution in [2.24, 2.45) is 0 Å². The van der Waals surface area contributed by atoms with Crippen LogP contribution in [0.2, 0.25) is 0 Å². The van der Waals surface area contributed by atoms with Crippen molar-refractivity contribution in [3.63, 3.8) is 0 Å². The molecule has 0 bridgehead atoms. The number of halogens is 3. The molecule has 1 aromatic rings. The molecule has 2 rings (SSSR count). The zero-order valence-electron chi connectivity index (χ0n) is 11.4. The number of hydrogen-bond donors (Lipinski definition) is 2. The van der Waals surface area contributed by atoms with Crippen LogP contribution in [-0.2, 0) is 11.3 Å². The Morgan fingerprint density at radius 3 is 2.67 bits per heavy atom. The summed E-state index contributed by atoms with van der Waals surface area (Å²) < 4.78 is 36.6. The molecule has 1 amide bonds.